The maximum absolute atomic E-state index is 14.2. The first-order valence-electron chi connectivity index (χ1n) is 13.8. The first-order chi connectivity index (χ1) is 20.4. The van der Waals surface area contributed by atoms with Crippen LogP contribution in [-0.2, 0) is 24.9 Å². The summed E-state index contributed by atoms with van der Waals surface area (Å²) in [5.74, 6) is 1.50. The van der Waals surface area contributed by atoms with Gasteiger partial charge in [-0.1, -0.05) is 12.1 Å². The number of imidazole rings is 1. The van der Waals surface area contributed by atoms with Crippen LogP contribution in [0.2, 0.25) is 0 Å². The van der Waals surface area contributed by atoms with Crippen molar-refractivity contribution in [3.05, 3.63) is 76.5 Å². The predicted octanol–water partition coefficient (Wildman–Crippen LogP) is 4.50. The van der Waals surface area contributed by atoms with Crippen molar-refractivity contribution in [3.63, 3.8) is 0 Å². The molecule has 11 heteroatoms. The molecule has 2 aromatic carbocycles. The van der Waals surface area contributed by atoms with Gasteiger partial charge in [-0.15, -0.1) is 0 Å². The van der Waals surface area contributed by atoms with Crippen molar-refractivity contribution in [1.82, 2.24) is 19.4 Å². The third kappa shape index (κ3) is 5.33. The Balaban J connectivity index is 1.11. The SMILES string of the molecule is COC(=O)c1cc2c(nc(CN3CCC(c4cccc(OCc5ccc(C#N)cc5F)n4)CC3)n2C)c2c1OCCO2. The fourth-order valence-electron chi connectivity index (χ4n) is 5.50. The van der Waals surface area contributed by atoms with Crippen molar-refractivity contribution in [3.8, 4) is 23.4 Å². The van der Waals surface area contributed by atoms with Gasteiger partial charge in [0.1, 0.15) is 42.5 Å². The number of hydrogen-bond acceptors (Lipinski definition) is 9. The van der Waals surface area contributed by atoms with E-state index in [4.69, 9.17) is 34.2 Å². The van der Waals surface area contributed by atoms with E-state index in [1.54, 1.807) is 24.3 Å². The van der Waals surface area contributed by atoms with Gasteiger partial charge in [-0.05, 0) is 50.2 Å². The van der Waals surface area contributed by atoms with Crippen LogP contribution >= 0.6 is 0 Å². The van der Waals surface area contributed by atoms with Crippen molar-refractivity contribution >= 4 is 17.0 Å². The summed E-state index contributed by atoms with van der Waals surface area (Å²) in [5, 5.41) is 8.93. The highest BCUT2D eigenvalue weighted by atomic mass is 19.1. The van der Waals surface area contributed by atoms with Crippen molar-refractivity contribution in [1.29, 1.82) is 5.26 Å². The first kappa shape index (κ1) is 27.5. The molecule has 0 spiro atoms. The number of carbonyl (C=O) groups excluding carboxylic acids is 1. The summed E-state index contributed by atoms with van der Waals surface area (Å²) in [6.07, 6.45) is 1.84. The highest BCUT2D eigenvalue weighted by molar-refractivity contribution is 6.00. The molecule has 4 heterocycles. The van der Waals surface area contributed by atoms with Gasteiger partial charge in [0.05, 0.1) is 30.8 Å². The van der Waals surface area contributed by atoms with E-state index in [1.807, 2.05) is 29.8 Å². The van der Waals surface area contributed by atoms with E-state index in [-0.39, 0.29) is 18.1 Å². The lowest BCUT2D eigenvalue weighted by atomic mass is 9.93. The average Bonchev–Trinajstić information content (AvgIpc) is 3.34. The molecule has 0 atom stereocenters. The molecule has 0 N–H and O–H groups in total. The number of hydrogen-bond donors (Lipinski definition) is 0. The van der Waals surface area contributed by atoms with Gasteiger partial charge < -0.3 is 23.5 Å². The number of methoxy groups -OCH3 is 1. The number of nitrogens with zero attached hydrogens (tertiary/aromatic N) is 5. The van der Waals surface area contributed by atoms with Gasteiger partial charge in [0.25, 0.3) is 0 Å². The van der Waals surface area contributed by atoms with Crippen LogP contribution in [0.1, 0.15) is 51.8 Å². The number of fused-ring (bicyclic) bond motifs is 3. The number of aryl methyl sites for hydroxylation is 1. The number of rotatable bonds is 7. The molecule has 2 aliphatic rings. The minimum Gasteiger partial charge on any atom is -0.485 e. The Bertz CT molecular complexity index is 1690. The van der Waals surface area contributed by atoms with Gasteiger partial charge in [0.15, 0.2) is 11.5 Å². The Morgan fingerprint density at radius 2 is 1.90 bits per heavy atom. The maximum Gasteiger partial charge on any atom is 0.341 e. The van der Waals surface area contributed by atoms with Gasteiger partial charge in [-0.2, -0.15) is 5.26 Å². The molecule has 2 aromatic heterocycles. The molecular formula is C31H30FN5O5. The Morgan fingerprint density at radius 1 is 1.12 bits per heavy atom. The van der Waals surface area contributed by atoms with Crippen LogP contribution in [0.4, 0.5) is 4.39 Å². The third-order valence-corrected chi connectivity index (χ3v) is 7.83. The Labute approximate surface area is 242 Å². The first-order valence-corrected chi connectivity index (χ1v) is 13.8. The molecule has 0 saturated carbocycles. The number of carbonyl (C=O) groups is 1. The van der Waals surface area contributed by atoms with Crippen molar-refractivity contribution in [2.24, 2.45) is 7.05 Å². The Kier molecular flexibility index (Phi) is 7.63. The molecule has 0 unspecified atom stereocenters. The average molecular weight is 572 g/mol. The quantitative estimate of drug-likeness (QED) is 0.296. The molecule has 10 nitrogen and oxygen atoms in total. The highest BCUT2D eigenvalue weighted by Crippen LogP contribution is 2.41. The maximum atomic E-state index is 14.2. The summed E-state index contributed by atoms with van der Waals surface area (Å²) in [6, 6.07) is 13.7. The second kappa shape index (κ2) is 11.7. The zero-order valence-electron chi connectivity index (χ0n) is 23.4. The number of nitriles is 1. The summed E-state index contributed by atoms with van der Waals surface area (Å²) in [6.45, 7) is 3.15. The van der Waals surface area contributed by atoms with E-state index < -0.39 is 11.8 Å². The van der Waals surface area contributed by atoms with Gasteiger partial charge in [0.2, 0.25) is 5.88 Å². The lowest BCUT2D eigenvalue weighted by Crippen LogP contribution is -2.33. The topological polar surface area (TPSA) is 112 Å². The van der Waals surface area contributed by atoms with Gasteiger partial charge in [0, 0.05) is 30.3 Å². The number of ether oxygens (including phenoxy) is 4. The van der Waals surface area contributed by atoms with Gasteiger partial charge in [-0.3, -0.25) is 4.90 Å². The predicted molar refractivity (Wildman–Crippen MR) is 150 cm³/mol. The number of aromatic nitrogens is 3. The van der Waals surface area contributed by atoms with Gasteiger partial charge >= 0.3 is 5.97 Å². The van der Waals surface area contributed by atoms with Crippen LogP contribution in [-0.4, -0.2) is 58.8 Å². The van der Waals surface area contributed by atoms with E-state index in [9.17, 15) is 9.18 Å². The standard InChI is InChI=1S/C31H30FN5O5/c1-36-25-15-22(31(38)39-2)29-30(41-13-12-40-29)28(25)35-26(36)17-37-10-8-20(9-11-37)24-4-3-5-27(34-24)42-18-21-7-6-19(16-33)14-23(21)32/h3-7,14-15,20H,8-13,17-18H2,1-2H3. The minimum absolute atomic E-state index is 0.0337. The lowest BCUT2D eigenvalue weighted by Gasteiger charge is -2.31. The summed E-state index contributed by atoms with van der Waals surface area (Å²) < 4.78 is 38.6. The summed E-state index contributed by atoms with van der Waals surface area (Å²) in [5.41, 5.74) is 3.38. The molecule has 216 valence electrons. The second-order valence-corrected chi connectivity index (χ2v) is 10.4. The van der Waals surface area contributed by atoms with Crippen molar-refractivity contribution < 1.29 is 28.1 Å². The smallest absolute Gasteiger partial charge is 0.341 e. The largest absolute Gasteiger partial charge is 0.485 e. The fraction of sp³-hybridized carbons (Fsp3) is 0.355. The monoisotopic (exact) mass is 571 g/mol. The molecule has 6 rings (SSSR count). The zero-order chi connectivity index (χ0) is 29.2. The molecule has 1 fully saturated rings. The van der Waals surface area contributed by atoms with E-state index >= 15 is 0 Å². The van der Waals surface area contributed by atoms with E-state index in [0.717, 1.165) is 43.0 Å². The molecular weight excluding hydrogens is 541 g/mol. The summed E-state index contributed by atoms with van der Waals surface area (Å²) >= 11 is 0. The lowest BCUT2D eigenvalue weighted by molar-refractivity contribution is 0.0591. The van der Waals surface area contributed by atoms with Crippen LogP contribution < -0.4 is 14.2 Å². The van der Waals surface area contributed by atoms with Crippen molar-refractivity contribution in [2.75, 3.05) is 33.4 Å². The number of esters is 1. The highest BCUT2D eigenvalue weighted by Gasteiger charge is 2.29. The molecule has 2 aliphatic heterocycles. The van der Waals surface area contributed by atoms with Crippen LogP contribution in [0, 0.1) is 17.1 Å². The fourth-order valence-corrected chi connectivity index (χ4v) is 5.50. The summed E-state index contributed by atoms with van der Waals surface area (Å²) in [7, 11) is 3.28. The van der Waals surface area contributed by atoms with Crippen LogP contribution in [0.15, 0.2) is 42.5 Å². The van der Waals surface area contributed by atoms with Gasteiger partial charge in [-0.25, -0.2) is 19.2 Å². The Morgan fingerprint density at radius 3 is 2.64 bits per heavy atom. The van der Waals surface area contributed by atoms with E-state index in [0.29, 0.717) is 53.8 Å². The molecule has 0 amide bonds. The second-order valence-electron chi connectivity index (χ2n) is 10.4. The molecule has 42 heavy (non-hydrogen) atoms. The third-order valence-electron chi connectivity index (χ3n) is 7.83. The molecule has 0 aliphatic carbocycles. The zero-order valence-corrected chi connectivity index (χ0v) is 23.4. The number of piperidine rings is 1. The normalized spacial score (nSPS) is 15.4. The number of halogens is 1. The number of likely N-dealkylation sites (tertiary alicyclic amines) is 1. The number of benzene rings is 2. The van der Waals surface area contributed by atoms with Crippen LogP contribution in [0.5, 0.6) is 17.4 Å². The molecule has 0 bridgehead atoms. The molecule has 1 saturated heterocycles. The van der Waals surface area contributed by atoms with Crippen molar-refractivity contribution in [2.45, 2.75) is 31.9 Å². The van der Waals surface area contributed by atoms with Crippen LogP contribution in [0.3, 0.4) is 0 Å². The van der Waals surface area contributed by atoms with Crippen LogP contribution in [0.25, 0.3) is 11.0 Å². The van der Waals surface area contributed by atoms with E-state index in [2.05, 4.69) is 4.90 Å². The molecule has 0 radical (unpaired) electrons. The minimum atomic E-state index is -0.479. The Hall–Kier alpha value is -4.69. The summed E-state index contributed by atoms with van der Waals surface area (Å²) in [4.78, 5) is 24.4. The van der Waals surface area contributed by atoms with E-state index in [1.165, 1.54) is 13.2 Å². The molecule has 4 aromatic rings. The number of pyridine rings is 1.